The number of carbonyl (C=O) groups is 1. The molecule has 3 N–H and O–H groups in total. The molecular formula is C15H32N2O3S. The van der Waals surface area contributed by atoms with E-state index in [9.17, 15) is 9.90 Å². The molecule has 0 bridgehead atoms. The van der Waals surface area contributed by atoms with Gasteiger partial charge in [-0.1, -0.05) is 6.92 Å². The van der Waals surface area contributed by atoms with Gasteiger partial charge in [-0.15, -0.1) is 0 Å². The van der Waals surface area contributed by atoms with E-state index in [0.717, 1.165) is 12.2 Å². The molecule has 1 saturated carbocycles. The Hall–Kier alpha value is -0.460. The Bertz CT molecular complexity index is 327. The smallest absolute Gasteiger partial charge is 0.407 e. The Morgan fingerprint density at radius 1 is 1.38 bits per heavy atom. The van der Waals surface area contributed by atoms with Crippen molar-refractivity contribution in [3.63, 3.8) is 0 Å². The molecule has 126 valence electrons. The maximum absolute atomic E-state index is 11.9. The van der Waals surface area contributed by atoms with E-state index in [1.165, 1.54) is 12.8 Å². The monoisotopic (exact) mass is 320 g/mol. The molecule has 1 amide bonds. The van der Waals surface area contributed by atoms with Gasteiger partial charge in [0.2, 0.25) is 0 Å². The normalized spacial score (nSPS) is 20.5. The SMILES string of the molecule is CC[C@H](NC1CC1)[C@H](NC(=O)OCCS(C)(C)C)[C@H](C)O. The predicted octanol–water partition coefficient (Wildman–Crippen LogP) is 1.69. The largest absolute Gasteiger partial charge is 0.449 e. The van der Waals surface area contributed by atoms with E-state index in [4.69, 9.17) is 4.74 Å². The molecule has 0 aromatic rings. The Morgan fingerprint density at radius 3 is 2.43 bits per heavy atom. The minimum absolute atomic E-state index is 0.0818. The van der Waals surface area contributed by atoms with Crippen LogP contribution in [0.25, 0.3) is 0 Å². The highest BCUT2D eigenvalue weighted by Crippen LogP contribution is 2.33. The van der Waals surface area contributed by atoms with Crippen LogP contribution < -0.4 is 10.6 Å². The van der Waals surface area contributed by atoms with Crippen LogP contribution in [-0.4, -0.2) is 66.6 Å². The fourth-order valence-electron chi connectivity index (χ4n) is 2.15. The highest BCUT2D eigenvalue weighted by atomic mass is 32.3. The van der Waals surface area contributed by atoms with Crippen molar-refractivity contribution < 1.29 is 14.6 Å². The van der Waals surface area contributed by atoms with Gasteiger partial charge in [0.05, 0.1) is 12.1 Å². The van der Waals surface area contributed by atoms with Crippen molar-refractivity contribution >= 4 is 16.1 Å². The van der Waals surface area contributed by atoms with Crippen molar-refractivity contribution in [3.8, 4) is 0 Å². The molecule has 0 aliphatic heterocycles. The second-order valence-corrected chi connectivity index (χ2v) is 11.4. The van der Waals surface area contributed by atoms with Crippen LogP contribution in [0.3, 0.4) is 0 Å². The van der Waals surface area contributed by atoms with Gasteiger partial charge in [0.1, 0.15) is 6.61 Å². The molecule has 1 rings (SSSR count). The Morgan fingerprint density at radius 2 is 2.00 bits per heavy atom. The summed E-state index contributed by atoms with van der Waals surface area (Å²) < 4.78 is 5.25. The maximum Gasteiger partial charge on any atom is 0.407 e. The van der Waals surface area contributed by atoms with E-state index in [0.29, 0.717) is 12.6 Å². The summed E-state index contributed by atoms with van der Waals surface area (Å²) in [5.74, 6) is 0.900. The van der Waals surface area contributed by atoms with Gasteiger partial charge >= 0.3 is 6.09 Å². The first kappa shape index (κ1) is 18.6. The second-order valence-electron chi connectivity index (χ2n) is 6.80. The summed E-state index contributed by atoms with van der Waals surface area (Å²) in [5, 5.41) is 16.2. The highest BCUT2D eigenvalue weighted by molar-refractivity contribution is 8.32. The van der Waals surface area contributed by atoms with Gasteiger partial charge in [0.25, 0.3) is 0 Å². The number of hydrogen-bond acceptors (Lipinski definition) is 4. The van der Waals surface area contributed by atoms with E-state index >= 15 is 0 Å². The van der Waals surface area contributed by atoms with Gasteiger partial charge in [0, 0.05) is 17.8 Å². The number of ether oxygens (including phenoxy) is 1. The lowest BCUT2D eigenvalue weighted by molar-refractivity contribution is 0.101. The first-order valence-electron chi connectivity index (χ1n) is 7.76. The van der Waals surface area contributed by atoms with Crippen LogP contribution in [0.4, 0.5) is 4.79 Å². The molecule has 0 saturated heterocycles. The molecule has 0 radical (unpaired) electrons. The van der Waals surface area contributed by atoms with Crippen LogP contribution in [0.2, 0.25) is 0 Å². The lowest BCUT2D eigenvalue weighted by Crippen LogP contribution is -2.55. The molecular weight excluding hydrogens is 288 g/mol. The van der Waals surface area contributed by atoms with Gasteiger partial charge in [-0.2, -0.15) is 0 Å². The third-order valence-electron chi connectivity index (χ3n) is 3.63. The van der Waals surface area contributed by atoms with Crippen LogP contribution in [0.5, 0.6) is 0 Å². The zero-order valence-electron chi connectivity index (χ0n) is 14.0. The van der Waals surface area contributed by atoms with Crippen molar-refractivity contribution in [2.75, 3.05) is 31.1 Å². The van der Waals surface area contributed by atoms with E-state index in [2.05, 4.69) is 36.3 Å². The number of aliphatic hydroxyl groups excluding tert-OH is 1. The van der Waals surface area contributed by atoms with Crippen LogP contribution in [-0.2, 0) is 4.74 Å². The molecule has 1 aliphatic carbocycles. The summed E-state index contributed by atoms with van der Waals surface area (Å²) in [6.45, 7) is 4.21. The Labute approximate surface area is 130 Å². The summed E-state index contributed by atoms with van der Waals surface area (Å²) in [4.78, 5) is 11.9. The van der Waals surface area contributed by atoms with E-state index in [-0.39, 0.29) is 12.1 Å². The molecule has 0 heterocycles. The van der Waals surface area contributed by atoms with E-state index < -0.39 is 22.2 Å². The second kappa shape index (κ2) is 8.25. The van der Waals surface area contributed by atoms with Crippen molar-refractivity contribution in [1.29, 1.82) is 0 Å². The number of nitrogens with one attached hydrogen (secondary N) is 2. The van der Waals surface area contributed by atoms with Crippen LogP contribution in [0.15, 0.2) is 0 Å². The molecule has 0 spiro atoms. The maximum atomic E-state index is 11.9. The topological polar surface area (TPSA) is 70.6 Å². The predicted molar refractivity (Wildman–Crippen MR) is 90.4 cm³/mol. The van der Waals surface area contributed by atoms with Crippen molar-refractivity contribution in [2.24, 2.45) is 0 Å². The van der Waals surface area contributed by atoms with E-state index in [1.807, 2.05) is 0 Å². The summed E-state index contributed by atoms with van der Waals surface area (Å²) in [6, 6.07) is 0.307. The van der Waals surface area contributed by atoms with E-state index in [1.54, 1.807) is 6.92 Å². The zero-order chi connectivity index (χ0) is 16.0. The van der Waals surface area contributed by atoms with Gasteiger partial charge in [-0.25, -0.2) is 14.8 Å². The van der Waals surface area contributed by atoms with Gasteiger partial charge < -0.3 is 20.5 Å². The number of amides is 1. The molecule has 0 aromatic heterocycles. The van der Waals surface area contributed by atoms with Crippen molar-refractivity contribution in [3.05, 3.63) is 0 Å². The molecule has 5 nitrogen and oxygen atoms in total. The first-order valence-corrected chi connectivity index (χ1v) is 10.8. The van der Waals surface area contributed by atoms with Crippen LogP contribution in [0.1, 0.15) is 33.1 Å². The third kappa shape index (κ3) is 7.93. The molecule has 21 heavy (non-hydrogen) atoms. The molecule has 6 heteroatoms. The number of hydrogen-bond donors (Lipinski definition) is 3. The number of rotatable bonds is 9. The minimum Gasteiger partial charge on any atom is -0.449 e. The molecule has 0 unspecified atom stereocenters. The van der Waals surface area contributed by atoms with Gasteiger partial charge in [-0.3, -0.25) is 0 Å². The lowest BCUT2D eigenvalue weighted by Gasteiger charge is -2.30. The summed E-state index contributed by atoms with van der Waals surface area (Å²) in [5.41, 5.74) is 0. The third-order valence-corrected chi connectivity index (χ3v) is 5.02. The Balaban J connectivity index is 2.42. The molecule has 3 atom stereocenters. The molecule has 1 fully saturated rings. The summed E-state index contributed by atoms with van der Waals surface area (Å²) in [6.07, 6.45) is 8.77. The molecule has 1 aliphatic rings. The van der Waals surface area contributed by atoms with Crippen molar-refractivity contribution in [2.45, 2.75) is 57.3 Å². The average Bonchev–Trinajstić information content (AvgIpc) is 3.15. The van der Waals surface area contributed by atoms with Gasteiger partial charge in [0.15, 0.2) is 0 Å². The van der Waals surface area contributed by atoms with Crippen LogP contribution >= 0.6 is 10.0 Å². The lowest BCUT2D eigenvalue weighted by atomic mass is 10.0. The van der Waals surface area contributed by atoms with Gasteiger partial charge in [-0.05, 0) is 45.0 Å². The zero-order valence-corrected chi connectivity index (χ0v) is 14.8. The quantitative estimate of drug-likeness (QED) is 0.604. The Kier molecular flexibility index (Phi) is 7.30. The number of carbonyl (C=O) groups excluding carboxylic acids is 1. The average molecular weight is 320 g/mol. The van der Waals surface area contributed by atoms with Crippen LogP contribution in [0, 0.1) is 0 Å². The summed E-state index contributed by atoms with van der Waals surface area (Å²) in [7, 11) is -0.660. The summed E-state index contributed by atoms with van der Waals surface area (Å²) >= 11 is 0. The van der Waals surface area contributed by atoms with Crippen molar-refractivity contribution in [1.82, 2.24) is 10.6 Å². The minimum atomic E-state index is -0.660. The highest BCUT2D eigenvalue weighted by Gasteiger charge is 2.31. The molecule has 0 aromatic carbocycles. The fraction of sp³-hybridized carbons (Fsp3) is 0.933. The first-order chi connectivity index (χ1) is 9.73. The standard InChI is InChI=1S/C15H32N2O3S/c1-6-13(16-12-7-8-12)14(11(2)18)17-15(19)20-9-10-21(3,4)5/h11-14,16,18H,6-10H2,1-5H3,(H,17,19)/t11-,13-,14+/m0/s1. The number of alkyl carbamates (subject to hydrolysis) is 1. The fourth-order valence-corrected chi connectivity index (χ4v) is 2.73. The number of aliphatic hydroxyl groups is 1.